The second-order valence-corrected chi connectivity index (χ2v) is 7.13. The van der Waals surface area contributed by atoms with Crippen molar-refractivity contribution in [1.82, 2.24) is 4.98 Å². The van der Waals surface area contributed by atoms with Crippen molar-refractivity contribution >= 4 is 34.5 Å². The van der Waals surface area contributed by atoms with Crippen molar-refractivity contribution in [2.24, 2.45) is 5.92 Å². The Labute approximate surface area is 150 Å². The van der Waals surface area contributed by atoms with E-state index in [1.54, 1.807) is 34.6 Å². The fraction of sp³-hybridized carbons (Fsp3) is 0.625. The molecule has 0 saturated carbocycles. The van der Waals surface area contributed by atoms with Gasteiger partial charge in [-0.2, -0.15) is 0 Å². The first-order valence-electron chi connectivity index (χ1n) is 7.94. The van der Waals surface area contributed by atoms with Gasteiger partial charge in [-0.15, -0.1) is 11.3 Å². The summed E-state index contributed by atoms with van der Waals surface area (Å²) >= 11 is 1.15. The molecule has 140 valence electrons. The third-order valence-corrected chi connectivity index (χ3v) is 3.64. The normalized spacial score (nSPS) is 11.1. The lowest BCUT2D eigenvalue weighted by Gasteiger charge is -2.18. The number of hydrogen-bond acceptors (Lipinski definition) is 8. The van der Waals surface area contributed by atoms with Gasteiger partial charge in [0.2, 0.25) is 0 Å². The van der Waals surface area contributed by atoms with Crippen LogP contribution in [0, 0.1) is 5.92 Å². The smallest absolute Gasteiger partial charge is 0.413 e. The number of aromatic nitrogens is 1. The standard InChI is InChI=1S/C16H24N2O6S/c1-6-22-12(19)11(13(20)23-7-2)8-10-9-17-14(25-10)18-15(21)24-16(3,4)5/h9,11H,6-8H2,1-5H3,(H,17,18,21). The molecule has 0 fully saturated rings. The Balaban J connectivity index is 2.76. The van der Waals surface area contributed by atoms with Gasteiger partial charge in [-0.1, -0.05) is 0 Å². The average molecular weight is 372 g/mol. The molecule has 0 aromatic carbocycles. The number of carbonyl (C=O) groups excluding carboxylic acids is 3. The van der Waals surface area contributed by atoms with E-state index in [2.05, 4.69) is 10.3 Å². The lowest BCUT2D eigenvalue weighted by Crippen LogP contribution is -2.29. The van der Waals surface area contributed by atoms with Gasteiger partial charge >= 0.3 is 18.0 Å². The maximum Gasteiger partial charge on any atom is 0.413 e. The minimum absolute atomic E-state index is 0.0886. The van der Waals surface area contributed by atoms with Gasteiger partial charge in [0.05, 0.1) is 13.2 Å². The highest BCUT2D eigenvalue weighted by molar-refractivity contribution is 7.15. The fourth-order valence-corrected chi connectivity index (χ4v) is 2.64. The Morgan fingerprint density at radius 2 is 1.72 bits per heavy atom. The van der Waals surface area contributed by atoms with Crippen LogP contribution in [0.5, 0.6) is 0 Å². The number of hydrogen-bond donors (Lipinski definition) is 1. The lowest BCUT2D eigenvalue weighted by molar-refractivity contribution is -0.161. The first kappa shape index (κ1) is 20.9. The van der Waals surface area contributed by atoms with E-state index in [1.807, 2.05) is 0 Å². The van der Waals surface area contributed by atoms with Crippen molar-refractivity contribution in [1.29, 1.82) is 0 Å². The fourth-order valence-electron chi connectivity index (χ4n) is 1.80. The molecule has 1 rings (SSSR count). The Kier molecular flexibility index (Phi) is 7.82. The highest BCUT2D eigenvalue weighted by Gasteiger charge is 2.30. The highest BCUT2D eigenvalue weighted by atomic mass is 32.1. The van der Waals surface area contributed by atoms with Gasteiger partial charge in [-0.05, 0) is 34.6 Å². The molecule has 1 aromatic rings. The molecule has 0 radical (unpaired) electrons. The zero-order chi connectivity index (χ0) is 19.0. The van der Waals surface area contributed by atoms with E-state index >= 15 is 0 Å². The molecule has 0 saturated heterocycles. The molecule has 1 amide bonds. The number of esters is 2. The van der Waals surface area contributed by atoms with Crippen LogP contribution >= 0.6 is 11.3 Å². The van der Waals surface area contributed by atoms with Crippen LogP contribution in [-0.4, -0.2) is 41.8 Å². The number of nitrogens with zero attached hydrogens (tertiary/aromatic N) is 1. The molecule has 1 heterocycles. The van der Waals surface area contributed by atoms with Crippen LogP contribution < -0.4 is 5.32 Å². The minimum atomic E-state index is -1.06. The molecule has 0 unspecified atom stereocenters. The summed E-state index contributed by atoms with van der Waals surface area (Å²) in [6.45, 7) is 8.92. The second kappa shape index (κ2) is 9.36. The van der Waals surface area contributed by atoms with E-state index in [-0.39, 0.29) is 19.6 Å². The summed E-state index contributed by atoms with van der Waals surface area (Å²) in [5, 5.41) is 2.83. The summed E-state index contributed by atoms with van der Waals surface area (Å²) in [4.78, 5) is 40.4. The average Bonchev–Trinajstić information content (AvgIpc) is 2.90. The van der Waals surface area contributed by atoms with E-state index in [0.717, 1.165) is 11.3 Å². The lowest BCUT2D eigenvalue weighted by atomic mass is 10.1. The van der Waals surface area contributed by atoms with Crippen LogP contribution in [0.3, 0.4) is 0 Å². The van der Waals surface area contributed by atoms with E-state index in [0.29, 0.717) is 10.0 Å². The van der Waals surface area contributed by atoms with Crippen molar-refractivity contribution in [2.75, 3.05) is 18.5 Å². The maximum atomic E-state index is 12.0. The highest BCUT2D eigenvalue weighted by Crippen LogP contribution is 2.23. The molecule has 0 aliphatic rings. The molecular formula is C16H24N2O6S. The van der Waals surface area contributed by atoms with Gasteiger partial charge < -0.3 is 14.2 Å². The van der Waals surface area contributed by atoms with Gasteiger partial charge in [0.25, 0.3) is 0 Å². The summed E-state index contributed by atoms with van der Waals surface area (Å²) in [6, 6.07) is 0. The van der Waals surface area contributed by atoms with E-state index in [9.17, 15) is 14.4 Å². The van der Waals surface area contributed by atoms with Crippen molar-refractivity contribution in [3.05, 3.63) is 11.1 Å². The molecule has 9 heteroatoms. The van der Waals surface area contributed by atoms with Crippen LogP contribution in [0.1, 0.15) is 39.5 Å². The third-order valence-electron chi connectivity index (χ3n) is 2.71. The van der Waals surface area contributed by atoms with Gasteiger partial charge in [-0.3, -0.25) is 14.9 Å². The van der Waals surface area contributed by atoms with Crippen molar-refractivity contribution in [3.8, 4) is 0 Å². The Hall–Kier alpha value is -2.16. The number of rotatable bonds is 7. The number of anilines is 1. The number of amides is 1. The van der Waals surface area contributed by atoms with Gasteiger partial charge in [0.15, 0.2) is 11.0 Å². The zero-order valence-corrected chi connectivity index (χ0v) is 15.9. The van der Waals surface area contributed by atoms with Gasteiger partial charge in [0, 0.05) is 17.5 Å². The summed E-state index contributed by atoms with van der Waals surface area (Å²) in [7, 11) is 0. The number of thiazole rings is 1. The monoisotopic (exact) mass is 372 g/mol. The quantitative estimate of drug-likeness (QED) is 0.446. The topological polar surface area (TPSA) is 104 Å². The third kappa shape index (κ3) is 7.51. The molecule has 1 N–H and O–H groups in total. The number of ether oxygens (including phenoxy) is 3. The van der Waals surface area contributed by atoms with Crippen LogP contribution in [0.4, 0.5) is 9.93 Å². The Morgan fingerprint density at radius 3 is 2.20 bits per heavy atom. The summed E-state index contributed by atoms with van der Waals surface area (Å²) in [5.74, 6) is -2.35. The Morgan fingerprint density at radius 1 is 1.16 bits per heavy atom. The van der Waals surface area contributed by atoms with E-state index < -0.39 is 29.6 Å². The second-order valence-electron chi connectivity index (χ2n) is 6.02. The SMILES string of the molecule is CCOC(=O)C(Cc1cnc(NC(=O)OC(C)(C)C)s1)C(=O)OCC. The molecule has 8 nitrogen and oxygen atoms in total. The minimum Gasteiger partial charge on any atom is -0.465 e. The van der Waals surface area contributed by atoms with Crippen molar-refractivity contribution in [3.63, 3.8) is 0 Å². The van der Waals surface area contributed by atoms with Crippen LogP contribution in [0.25, 0.3) is 0 Å². The van der Waals surface area contributed by atoms with Crippen LogP contribution in [-0.2, 0) is 30.2 Å². The van der Waals surface area contributed by atoms with Crippen molar-refractivity contribution in [2.45, 2.75) is 46.6 Å². The first-order valence-corrected chi connectivity index (χ1v) is 8.75. The largest absolute Gasteiger partial charge is 0.465 e. The van der Waals surface area contributed by atoms with E-state index in [4.69, 9.17) is 14.2 Å². The number of carbonyl (C=O) groups is 3. The molecule has 0 bridgehead atoms. The van der Waals surface area contributed by atoms with Gasteiger partial charge in [-0.25, -0.2) is 9.78 Å². The molecule has 1 aromatic heterocycles. The molecule has 0 spiro atoms. The predicted molar refractivity (Wildman–Crippen MR) is 92.4 cm³/mol. The van der Waals surface area contributed by atoms with Crippen molar-refractivity contribution < 1.29 is 28.6 Å². The first-order chi connectivity index (χ1) is 11.7. The zero-order valence-electron chi connectivity index (χ0n) is 15.1. The molecule has 0 aliphatic heterocycles. The van der Waals surface area contributed by atoms with Crippen LogP contribution in [0.15, 0.2) is 6.20 Å². The summed E-state index contributed by atoms with van der Waals surface area (Å²) in [6.07, 6.45) is 0.953. The molecule has 25 heavy (non-hydrogen) atoms. The summed E-state index contributed by atoms with van der Waals surface area (Å²) in [5.41, 5.74) is -0.622. The molecule has 0 aliphatic carbocycles. The van der Waals surface area contributed by atoms with E-state index in [1.165, 1.54) is 6.20 Å². The molecule has 0 atom stereocenters. The van der Waals surface area contributed by atoms with Crippen LogP contribution in [0.2, 0.25) is 0 Å². The summed E-state index contributed by atoms with van der Waals surface area (Å²) < 4.78 is 15.0. The maximum absolute atomic E-state index is 12.0. The van der Waals surface area contributed by atoms with Gasteiger partial charge in [0.1, 0.15) is 5.60 Å². The predicted octanol–water partition coefficient (Wildman–Crippen LogP) is 2.78. The molecular weight excluding hydrogens is 348 g/mol. The Bertz CT molecular complexity index is 590. The number of nitrogens with one attached hydrogen (secondary N) is 1.